The molecule has 0 aliphatic rings. The van der Waals surface area contributed by atoms with Gasteiger partial charge >= 0.3 is 0 Å². The summed E-state index contributed by atoms with van der Waals surface area (Å²) in [7, 11) is 0. The van der Waals surface area contributed by atoms with Gasteiger partial charge in [-0.3, -0.25) is 0 Å². The Kier molecular flexibility index (Phi) is 6.86. The summed E-state index contributed by atoms with van der Waals surface area (Å²) in [5, 5.41) is 0. The molecule has 90 valence electrons. The molecule has 1 atom stereocenters. The van der Waals surface area contributed by atoms with Gasteiger partial charge in [0.1, 0.15) is 0 Å². The Morgan fingerprint density at radius 2 is 1.75 bits per heavy atom. The quantitative estimate of drug-likeness (QED) is 0.495. The van der Waals surface area contributed by atoms with Crippen LogP contribution in [0.5, 0.6) is 0 Å². The van der Waals surface area contributed by atoms with Crippen LogP contribution in [0.2, 0.25) is 0 Å². The van der Waals surface area contributed by atoms with Gasteiger partial charge in [0, 0.05) is 6.61 Å². The van der Waals surface area contributed by atoms with Crippen LogP contribution in [0.15, 0.2) is 30.3 Å². The number of hydrogen-bond acceptors (Lipinski definition) is 2. The van der Waals surface area contributed by atoms with Gasteiger partial charge in [0.2, 0.25) is 0 Å². The smallest absolute Gasteiger partial charge is 0.154 e. The molecule has 0 aromatic heterocycles. The summed E-state index contributed by atoms with van der Waals surface area (Å²) in [6.07, 6.45) is 3.08. The van der Waals surface area contributed by atoms with E-state index in [1.54, 1.807) is 0 Å². The van der Waals surface area contributed by atoms with Crippen molar-refractivity contribution in [3.05, 3.63) is 35.9 Å². The van der Waals surface area contributed by atoms with Crippen molar-refractivity contribution >= 4 is 0 Å². The second-order valence-corrected chi connectivity index (χ2v) is 3.90. The summed E-state index contributed by atoms with van der Waals surface area (Å²) < 4.78 is 11.0. The van der Waals surface area contributed by atoms with Crippen molar-refractivity contribution < 1.29 is 9.47 Å². The van der Waals surface area contributed by atoms with Gasteiger partial charge in [-0.05, 0) is 31.7 Å². The fraction of sp³-hybridized carbons (Fsp3) is 0.571. The lowest BCUT2D eigenvalue weighted by atomic mass is 10.1. The van der Waals surface area contributed by atoms with Crippen LogP contribution in [0.4, 0.5) is 0 Å². The first-order valence-electron chi connectivity index (χ1n) is 6.10. The highest BCUT2D eigenvalue weighted by molar-refractivity contribution is 5.14. The number of rotatable bonds is 8. The molecule has 0 bridgehead atoms. The Morgan fingerprint density at radius 3 is 2.44 bits per heavy atom. The van der Waals surface area contributed by atoms with Crippen molar-refractivity contribution in [1.29, 1.82) is 0 Å². The van der Waals surface area contributed by atoms with E-state index in [-0.39, 0.29) is 6.29 Å². The Balaban J connectivity index is 2.03. The largest absolute Gasteiger partial charge is 0.353 e. The molecule has 1 unspecified atom stereocenters. The first-order chi connectivity index (χ1) is 7.83. The summed E-state index contributed by atoms with van der Waals surface area (Å²) in [5.41, 5.74) is 1.37. The highest BCUT2D eigenvalue weighted by atomic mass is 16.7. The van der Waals surface area contributed by atoms with Crippen molar-refractivity contribution in [1.82, 2.24) is 0 Å². The number of aryl methyl sites for hydroxylation is 1. The predicted octanol–water partition coefficient (Wildman–Crippen LogP) is 3.41. The maximum absolute atomic E-state index is 5.54. The van der Waals surface area contributed by atoms with Gasteiger partial charge in [0.25, 0.3) is 0 Å². The molecule has 16 heavy (non-hydrogen) atoms. The minimum absolute atomic E-state index is 0.0734. The van der Waals surface area contributed by atoms with Gasteiger partial charge in [0.15, 0.2) is 6.29 Å². The fourth-order valence-corrected chi connectivity index (χ4v) is 1.50. The molecule has 2 heteroatoms. The second-order valence-electron chi connectivity index (χ2n) is 3.90. The van der Waals surface area contributed by atoms with Crippen LogP contribution in [-0.4, -0.2) is 19.5 Å². The van der Waals surface area contributed by atoms with Crippen LogP contribution in [0.25, 0.3) is 0 Å². The van der Waals surface area contributed by atoms with E-state index in [1.807, 2.05) is 13.0 Å². The Labute approximate surface area is 98.6 Å². The molecule has 2 nitrogen and oxygen atoms in total. The van der Waals surface area contributed by atoms with E-state index in [2.05, 4.69) is 31.2 Å². The maximum Gasteiger partial charge on any atom is 0.154 e. The lowest BCUT2D eigenvalue weighted by molar-refractivity contribution is -0.130. The SMILES string of the molecule is CCCOC(C)OCCCc1ccccc1. The van der Waals surface area contributed by atoms with Crippen LogP contribution >= 0.6 is 0 Å². The van der Waals surface area contributed by atoms with Crippen LogP contribution in [-0.2, 0) is 15.9 Å². The lowest BCUT2D eigenvalue weighted by Crippen LogP contribution is -2.14. The van der Waals surface area contributed by atoms with Crippen molar-refractivity contribution in [2.24, 2.45) is 0 Å². The van der Waals surface area contributed by atoms with E-state index in [4.69, 9.17) is 9.47 Å². The monoisotopic (exact) mass is 222 g/mol. The summed E-state index contributed by atoms with van der Waals surface area (Å²) in [4.78, 5) is 0. The van der Waals surface area contributed by atoms with E-state index in [1.165, 1.54) is 5.56 Å². The van der Waals surface area contributed by atoms with Crippen LogP contribution in [0, 0.1) is 0 Å². The molecular weight excluding hydrogens is 200 g/mol. The first kappa shape index (κ1) is 13.2. The summed E-state index contributed by atoms with van der Waals surface area (Å²) in [6.45, 7) is 5.60. The van der Waals surface area contributed by atoms with Gasteiger partial charge in [-0.2, -0.15) is 0 Å². The number of ether oxygens (including phenoxy) is 2. The third kappa shape index (κ3) is 5.89. The summed E-state index contributed by atoms with van der Waals surface area (Å²) in [5.74, 6) is 0. The van der Waals surface area contributed by atoms with E-state index >= 15 is 0 Å². The van der Waals surface area contributed by atoms with Gasteiger partial charge in [-0.1, -0.05) is 37.3 Å². The molecule has 1 rings (SSSR count). The van der Waals surface area contributed by atoms with Crippen LogP contribution in [0.3, 0.4) is 0 Å². The highest BCUT2D eigenvalue weighted by Crippen LogP contribution is 2.03. The molecule has 0 fully saturated rings. The molecule has 0 heterocycles. The zero-order valence-corrected chi connectivity index (χ0v) is 10.3. The molecule has 1 aromatic rings. The van der Waals surface area contributed by atoms with Gasteiger partial charge in [0.05, 0.1) is 6.61 Å². The molecule has 0 aliphatic heterocycles. The van der Waals surface area contributed by atoms with E-state index < -0.39 is 0 Å². The molecule has 0 radical (unpaired) electrons. The van der Waals surface area contributed by atoms with Crippen molar-refractivity contribution in [2.75, 3.05) is 13.2 Å². The standard InChI is InChI=1S/C14H22O2/c1-3-11-15-13(2)16-12-7-10-14-8-5-4-6-9-14/h4-6,8-9,13H,3,7,10-12H2,1-2H3. The summed E-state index contributed by atoms with van der Waals surface area (Å²) >= 11 is 0. The second kappa shape index (κ2) is 8.31. The molecule has 0 N–H and O–H groups in total. The minimum Gasteiger partial charge on any atom is -0.353 e. The van der Waals surface area contributed by atoms with Gasteiger partial charge < -0.3 is 9.47 Å². The molecular formula is C14H22O2. The average Bonchev–Trinajstić information content (AvgIpc) is 2.33. The maximum atomic E-state index is 5.54. The Bertz CT molecular complexity index is 259. The Morgan fingerprint density at radius 1 is 1.06 bits per heavy atom. The third-order valence-electron chi connectivity index (χ3n) is 2.36. The van der Waals surface area contributed by atoms with E-state index in [0.717, 1.165) is 32.5 Å². The molecule has 1 aromatic carbocycles. The summed E-state index contributed by atoms with van der Waals surface area (Å²) in [6, 6.07) is 10.5. The predicted molar refractivity (Wildman–Crippen MR) is 66.4 cm³/mol. The van der Waals surface area contributed by atoms with Crippen molar-refractivity contribution in [2.45, 2.75) is 39.4 Å². The Hall–Kier alpha value is -0.860. The zero-order valence-electron chi connectivity index (χ0n) is 10.3. The highest BCUT2D eigenvalue weighted by Gasteiger charge is 2.00. The van der Waals surface area contributed by atoms with Crippen molar-refractivity contribution in [3.63, 3.8) is 0 Å². The average molecular weight is 222 g/mol. The van der Waals surface area contributed by atoms with Gasteiger partial charge in [-0.25, -0.2) is 0 Å². The normalized spacial score (nSPS) is 12.6. The van der Waals surface area contributed by atoms with Crippen LogP contribution in [0.1, 0.15) is 32.3 Å². The van der Waals surface area contributed by atoms with Crippen molar-refractivity contribution in [3.8, 4) is 0 Å². The van der Waals surface area contributed by atoms with Gasteiger partial charge in [-0.15, -0.1) is 0 Å². The lowest BCUT2D eigenvalue weighted by Gasteiger charge is -2.13. The van der Waals surface area contributed by atoms with E-state index in [9.17, 15) is 0 Å². The zero-order chi connectivity index (χ0) is 11.6. The number of benzene rings is 1. The fourth-order valence-electron chi connectivity index (χ4n) is 1.50. The topological polar surface area (TPSA) is 18.5 Å². The van der Waals surface area contributed by atoms with Crippen LogP contribution < -0.4 is 0 Å². The number of hydrogen-bond donors (Lipinski definition) is 0. The minimum atomic E-state index is -0.0734. The third-order valence-corrected chi connectivity index (χ3v) is 2.36. The molecule has 0 spiro atoms. The van der Waals surface area contributed by atoms with E-state index in [0.29, 0.717) is 0 Å². The molecule has 0 aliphatic carbocycles. The first-order valence-corrected chi connectivity index (χ1v) is 6.10. The molecule has 0 saturated carbocycles. The molecule has 0 amide bonds. The molecule has 0 saturated heterocycles.